The molecular weight excluding hydrogens is 554 g/mol. The van der Waals surface area contributed by atoms with Gasteiger partial charge in [0, 0.05) is 22.5 Å². The third-order valence-corrected chi connectivity index (χ3v) is 8.33. The molecule has 0 spiro atoms. The highest BCUT2D eigenvalue weighted by molar-refractivity contribution is 5.76. The fraction of sp³-hybridized carbons (Fsp3) is 0.122. The molecule has 45 heavy (non-hydrogen) atoms. The molecule has 2 N–H and O–H groups in total. The Kier molecular flexibility index (Phi) is 9.12. The Morgan fingerprint density at radius 2 is 0.867 bits per heavy atom. The molecular formula is C41H37NO3. The van der Waals surface area contributed by atoms with Crippen molar-refractivity contribution < 1.29 is 14.9 Å². The Balaban J connectivity index is 1.18. The van der Waals surface area contributed by atoms with Crippen LogP contribution in [-0.2, 0) is 5.41 Å². The second-order valence-corrected chi connectivity index (χ2v) is 11.2. The minimum absolute atomic E-state index is 0.237. The first-order valence-corrected chi connectivity index (χ1v) is 15.4. The van der Waals surface area contributed by atoms with Gasteiger partial charge in [-0.15, -0.1) is 0 Å². The van der Waals surface area contributed by atoms with Crippen molar-refractivity contribution in [2.45, 2.75) is 24.7 Å². The van der Waals surface area contributed by atoms with E-state index in [1.54, 1.807) is 24.3 Å². The van der Waals surface area contributed by atoms with E-state index in [-0.39, 0.29) is 11.5 Å². The molecule has 6 aromatic rings. The van der Waals surface area contributed by atoms with Crippen LogP contribution in [0.5, 0.6) is 17.2 Å². The molecule has 0 fully saturated rings. The van der Waals surface area contributed by atoms with Crippen LogP contribution in [0.1, 0.15) is 36.0 Å². The smallest absolute Gasteiger partial charge is 0.119 e. The third-order valence-electron chi connectivity index (χ3n) is 8.33. The molecule has 0 aromatic heterocycles. The van der Waals surface area contributed by atoms with Gasteiger partial charge < -0.3 is 19.8 Å². The molecule has 0 amide bonds. The van der Waals surface area contributed by atoms with E-state index in [0.29, 0.717) is 6.61 Å². The first kappa shape index (κ1) is 29.6. The van der Waals surface area contributed by atoms with Crippen molar-refractivity contribution >= 4 is 17.1 Å². The predicted octanol–water partition coefficient (Wildman–Crippen LogP) is 10.2. The van der Waals surface area contributed by atoms with E-state index >= 15 is 0 Å². The molecule has 0 bridgehead atoms. The summed E-state index contributed by atoms with van der Waals surface area (Å²) in [5, 5.41) is 20.1. The Morgan fingerprint density at radius 3 is 1.36 bits per heavy atom. The van der Waals surface area contributed by atoms with Gasteiger partial charge in [0.1, 0.15) is 17.2 Å². The fourth-order valence-corrected chi connectivity index (χ4v) is 6.12. The summed E-state index contributed by atoms with van der Waals surface area (Å²) in [6.07, 6.45) is 2.61. The van der Waals surface area contributed by atoms with Crippen LogP contribution in [0.3, 0.4) is 0 Å². The summed E-state index contributed by atoms with van der Waals surface area (Å²) in [7, 11) is 0. The van der Waals surface area contributed by atoms with Gasteiger partial charge in [-0.05, 0) is 109 Å². The lowest BCUT2D eigenvalue weighted by molar-refractivity contribution is 0.301. The zero-order valence-electron chi connectivity index (χ0n) is 25.2. The quantitative estimate of drug-likeness (QED) is 0.110. The van der Waals surface area contributed by atoms with Crippen molar-refractivity contribution in [3.63, 3.8) is 0 Å². The van der Waals surface area contributed by atoms with Gasteiger partial charge >= 0.3 is 0 Å². The lowest BCUT2D eigenvalue weighted by Gasteiger charge is -2.36. The second-order valence-electron chi connectivity index (χ2n) is 11.2. The highest BCUT2D eigenvalue weighted by Crippen LogP contribution is 2.44. The standard InChI is InChI=1S/C41H37NO3/c43-38-24-18-33(19-25-38)41(32-12-4-1-5-13-32,34-20-26-39(44)27-21-34)30-10-11-31-45-40-28-22-37(23-29-40)42(35-14-6-2-7-15-35)36-16-8-3-9-17-36/h1-9,12-29,43-44H,10-11,30-31H2. The maximum absolute atomic E-state index is 10.1. The monoisotopic (exact) mass is 591 g/mol. The van der Waals surface area contributed by atoms with Gasteiger partial charge in [0.15, 0.2) is 0 Å². The Labute approximate surface area is 265 Å². The van der Waals surface area contributed by atoms with Crippen LogP contribution in [0.25, 0.3) is 0 Å². The number of nitrogens with zero attached hydrogens (tertiary/aromatic N) is 1. The molecule has 0 aliphatic heterocycles. The topological polar surface area (TPSA) is 52.9 Å². The molecule has 0 saturated carbocycles. The number of unbranched alkanes of at least 4 members (excludes halogenated alkanes) is 1. The summed E-state index contributed by atoms with van der Waals surface area (Å²) >= 11 is 0. The van der Waals surface area contributed by atoms with Gasteiger partial charge in [-0.1, -0.05) is 91.0 Å². The molecule has 0 saturated heterocycles. The third kappa shape index (κ3) is 6.71. The van der Waals surface area contributed by atoms with Gasteiger partial charge in [0.05, 0.1) is 6.61 Å². The number of aromatic hydroxyl groups is 2. The lowest BCUT2D eigenvalue weighted by Crippen LogP contribution is -2.29. The number of phenols is 2. The van der Waals surface area contributed by atoms with E-state index in [2.05, 4.69) is 89.8 Å². The van der Waals surface area contributed by atoms with Crippen LogP contribution >= 0.6 is 0 Å². The summed E-state index contributed by atoms with van der Waals surface area (Å²) in [4.78, 5) is 2.24. The Hall–Kier alpha value is -5.48. The lowest BCUT2D eigenvalue weighted by atomic mass is 9.66. The molecule has 4 heteroatoms. The molecule has 0 aliphatic rings. The van der Waals surface area contributed by atoms with Crippen molar-refractivity contribution in [3.05, 3.63) is 180 Å². The summed E-state index contributed by atoms with van der Waals surface area (Å²) < 4.78 is 6.23. The van der Waals surface area contributed by atoms with Crippen LogP contribution in [0.15, 0.2) is 164 Å². The number of ether oxygens (including phenoxy) is 1. The minimum Gasteiger partial charge on any atom is -0.508 e. The number of phenolic OH excluding ortho intramolecular Hbond substituents is 2. The highest BCUT2D eigenvalue weighted by atomic mass is 16.5. The number of anilines is 3. The Morgan fingerprint density at radius 1 is 0.444 bits per heavy atom. The van der Waals surface area contributed by atoms with Crippen molar-refractivity contribution in [3.8, 4) is 17.2 Å². The number of benzene rings is 6. The number of rotatable bonds is 12. The van der Waals surface area contributed by atoms with Crippen molar-refractivity contribution in [1.29, 1.82) is 0 Å². The Bertz CT molecular complexity index is 1670. The van der Waals surface area contributed by atoms with E-state index < -0.39 is 5.41 Å². The number of para-hydroxylation sites is 2. The molecule has 6 rings (SSSR count). The van der Waals surface area contributed by atoms with Gasteiger partial charge in [0.25, 0.3) is 0 Å². The second kappa shape index (κ2) is 13.9. The van der Waals surface area contributed by atoms with Crippen LogP contribution in [0, 0.1) is 0 Å². The van der Waals surface area contributed by atoms with Gasteiger partial charge in [-0.2, -0.15) is 0 Å². The number of hydrogen-bond acceptors (Lipinski definition) is 4. The molecule has 0 heterocycles. The molecule has 6 aromatic carbocycles. The molecule has 0 unspecified atom stereocenters. The van der Waals surface area contributed by atoms with Gasteiger partial charge in [0.2, 0.25) is 0 Å². The van der Waals surface area contributed by atoms with Crippen molar-refractivity contribution in [1.82, 2.24) is 0 Å². The SMILES string of the molecule is Oc1ccc(C(CCCCOc2ccc(N(c3ccccc3)c3ccccc3)cc2)(c2ccccc2)c2ccc(O)cc2)cc1. The fourth-order valence-electron chi connectivity index (χ4n) is 6.12. The van der Waals surface area contributed by atoms with E-state index in [9.17, 15) is 10.2 Å². The first-order chi connectivity index (χ1) is 22.1. The van der Waals surface area contributed by atoms with Crippen LogP contribution in [0.4, 0.5) is 17.1 Å². The molecule has 224 valence electrons. The van der Waals surface area contributed by atoms with E-state index in [4.69, 9.17) is 4.74 Å². The van der Waals surface area contributed by atoms with Gasteiger partial charge in [-0.3, -0.25) is 0 Å². The summed E-state index contributed by atoms with van der Waals surface area (Å²) in [5.41, 5.74) is 6.16. The average Bonchev–Trinajstić information content (AvgIpc) is 3.10. The summed E-state index contributed by atoms with van der Waals surface area (Å²) in [6, 6.07) is 54.5. The first-order valence-electron chi connectivity index (χ1n) is 15.4. The van der Waals surface area contributed by atoms with Crippen molar-refractivity contribution in [2.24, 2.45) is 0 Å². The number of hydrogen-bond donors (Lipinski definition) is 2. The van der Waals surface area contributed by atoms with Crippen LogP contribution in [-0.4, -0.2) is 16.8 Å². The molecule has 0 radical (unpaired) electrons. The van der Waals surface area contributed by atoms with Gasteiger partial charge in [-0.25, -0.2) is 0 Å². The molecule has 0 aliphatic carbocycles. The zero-order chi connectivity index (χ0) is 30.9. The van der Waals surface area contributed by atoms with E-state index in [1.807, 2.05) is 54.6 Å². The predicted molar refractivity (Wildman–Crippen MR) is 183 cm³/mol. The highest BCUT2D eigenvalue weighted by Gasteiger charge is 2.35. The largest absolute Gasteiger partial charge is 0.508 e. The summed E-state index contributed by atoms with van der Waals surface area (Å²) in [6.45, 7) is 0.594. The molecule has 4 nitrogen and oxygen atoms in total. The normalized spacial score (nSPS) is 11.2. The van der Waals surface area contributed by atoms with E-state index in [1.165, 1.54) is 5.56 Å². The molecule has 0 atom stereocenters. The van der Waals surface area contributed by atoms with Crippen LogP contribution in [0.2, 0.25) is 0 Å². The van der Waals surface area contributed by atoms with Crippen LogP contribution < -0.4 is 9.64 Å². The van der Waals surface area contributed by atoms with E-state index in [0.717, 1.165) is 53.2 Å². The zero-order valence-corrected chi connectivity index (χ0v) is 25.2. The summed E-state index contributed by atoms with van der Waals surface area (Å²) in [5.74, 6) is 1.31. The maximum Gasteiger partial charge on any atom is 0.119 e. The average molecular weight is 592 g/mol. The van der Waals surface area contributed by atoms with Crippen molar-refractivity contribution in [2.75, 3.05) is 11.5 Å². The minimum atomic E-state index is -0.456. The maximum atomic E-state index is 10.1.